The van der Waals surface area contributed by atoms with Crippen molar-refractivity contribution in [2.45, 2.75) is 20.4 Å². The molecule has 3 heteroatoms. The average molecular weight is 202 g/mol. The van der Waals surface area contributed by atoms with Gasteiger partial charge in [0.2, 0.25) is 0 Å². The Morgan fingerprint density at radius 2 is 2.13 bits per heavy atom. The summed E-state index contributed by atoms with van der Waals surface area (Å²) < 4.78 is 1.89. The van der Waals surface area contributed by atoms with Gasteiger partial charge in [0.1, 0.15) is 5.75 Å². The molecule has 2 rings (SSSR count). The number of hydrogen-bond acceptors (Lipinski definition) is 2. The lowest BCUT2D eigenvalue weighted by atomic mass is 10.1. The van der Waals surface area contributed by atoms with E-state index in [2.05, 4.69) is 12.0 Å². The van der Waals surface area contributed by atoms with Crippen LogP contribution in [0, 0.1) is 6.92 Å². The SMILES string of the molecule is CCn1ccc(-c2ccc(O)c(C)c2)n1. The van der Waals surface area contributed by atoms with E-state index in [4.69, 9.17) is 0 Å². The summed E-state index contributed by atoms with van der Waals surface area (Å²) in [6, 6.07) is 7.51. The van der Waals surface area contributed by atoms with Crippen LogP contribution in [0.5, 0.6) is 5.75 Å². The van der Waals surface area contributed by atoms with E-state index in [1.54, 1.807) is 6.07 Å². The average Bonchev–Trinajstić information content (AvgIpc) is 2.70. The first-order valence-electron chi connectivity index (χ1n) is 5.04. The van der Waals surface area contributed by atoms with Gasteiger partial charge in [-0.05, 0) is 43.7 Å². The van der Waals surface area contributed by atoms with Crippen LogP contribution in [0.25, 0.3) is 11.3 Å². The lowest BCUT2D eigenvalue weighted by Crippen LogP contribution is -1.93. The van der Waals surface area contributed by atoms with Crippen LogP contribution in [-0.4, -0.2) is 14.9 Å². The molecule has 0 saturated carbocycles. The third-order valence-corrected chi connectivity index (χ3v) is 2.46. The molecule has 1 aromatic carbocycles. The van der Waals surface area contributed by atoms with Crippen molar-refractivity contribution in [2.24, 2.45) is 0 Å². The Bertz CT molecular complexity index is 474. The molecule has 1 aromatic heterocycles. The minimum absolute atomic E-state index is 0.327. The molecule has 0 aliphatic rings. The molecule has 1 heterocycles. The standard InChI is InChI=1S/C12H14N2O/c1-3-14-7-6-11(13-14)10-4-5-12(15)9(2)8-10/h4-8,15H,3H2,1-2H3. The van der Waals surface area contributed by atoms with E-state index in [0.717, 1.165) is 23.4 Å². The summed E-state index contributed by atoms with van der Waals surface area (Å²) in [5.74, 6) is 0.327. The molecule has 3 nitrogen and oxygen atoms in total. The smallest absolute Gasteiger partial charge is 0.118 e. The maximum absolute atomic E-state index is 9.42. The van der Waals surface area contributed by atoms with Gasteiger partial charge in [-0.2, -0.15) is 5.10 Å². The molecule has 15 heavy (non-hydrogen) atoms. The number of rotatable bonds is 2. The second-order valence-electron chi connectivity index (χ2n) is 3.56. The molecule has 2 aromatic rings. The predicted molar refractivity (Wildman–Crippen MR) is 59.7 cm³/mol. The van der Waals surface area contributed by atoms with Crippen LogP contribution >= 0.6 is 0 Å². The van der Waals surface area contributed by atoms with Gasteiger partial charge in [0.05, 0.1) is 5.69 Å². The number of nitrogens with zero attached hydrogens (tertiary/aromatic N) is 2. The van der Waals surface area contributed by atoms with Gasteiger partial charge < -0.3 is 5.11 Å². The van der Waals surface area contributed by atoms with Gasteiger partial charge in [-0.15, -0.1) is 0 Å². The van der Waals surface area contributed by atoms with E-state index in [0.29, 0.717) is 5.75 Å². The summed E-state index contributed by atoms with van der Waals surface area (Å²) in [4.78, 5) is 0. The molecular weight excluding hydrogens is 188 g/mol. The highest BCUT2D eigenvalue weighted by Gasteiger charge is 2.03. The van der Waals surface area contributed by atoms with Gasteiger partial charge in [0.25, 0.3) is 0 Å². The molecule has 78 valence electrons. The zero-order chi connectivity index (χ0) is 10.8. The molecule has 0 aliphatic heterocycles. The molecule has 0 bridgehead atoms. The minimum Gasteiger partial charge on any atom is -0.508 e. The summed E-state index contributed by atoms with van der Waals surface area (Å²) in [5.41, 5.74) is 2.86. The molecule has 0 aliphatic carbocycles. The molecule has 0 spiro atoms. The fourth-order valence-electron chi connectivity index (χ4n) is 1.51. The highest BCUT2D eigenvalue weighted by Crippen LogP contribution is 2.23. The molecule has 0 fully saturated rings. The van der Waals surface area contributed by atoms with Gasteiger partial charge >= 0.3 is 0 Å². The van der Waals surface area contributed by atoms with Gasteiger partial charge in [0, 0.05) is 18.3 Å². The fourth-order valence-corrected chi connectivity index (χ4v) is 1.51. The van der Waals surface area contributed by atoms with Crippen molar-refractivity contribution in [1.29, 1.82) is 0 Å². The lowest BCUT2D eigenvalue weighted by molar-refractivity contribution is 0.471. The second kappa shape index (κ2) is 3.77. The van der Waals surface area contributed by atoms with Crippen molar-refractivity contribution in [3.8, 4) is 17.0 Å². The maximum Gasteiger partial charge on any atom is 0.118 e. The molecule has 0 amide bonds. The molecule has 0 unspecified atom stereocenters. The molecule has 0 radical (unpaired) electrons. The predicted octanol–water partition coefficient (Wildman–Crippen LogP) is 2.58. The molecule has 0 saturated heterocycles. The summed E-state index contributed by atoms with van der Waals surface area (Å²) >= 11 is 0. The van der Waals surface area contributed by atoms with Crippen molar-refractivity contribution in [1.82, 2.24) is 9.78 Å². The Morgan fingerprint density at radius 1 is 1.33 bits per heavy atom. The van der Waals surface area contributed by atoms with E-state index in [-0.39, 0.29) is 0 Å². The van der Waals surface area contributed by atoms with E-state index < -0.39 is 0 Å². The molecule has 0 atom stereocenters. The van der Waals surface area contributed by atoms with Gasteiger partial charge in [-0.3, -0.25) is 4.68 Å². The Morgan fingerprint density at radius 3 is 2.73 bits per heavy atom. The van der Waals surface area contributed by atoms with Crippen molar-refractivity contribution in [3.63, 3.8) is 0 Å². The van der Waals surface area contributed by atoms with Gasteiger partial charge in [-0.25, -0.2) is 0 Å². The van der Waals surface area contributed by atoms with Crippen LogP contribution in [-0.2, 0) is 6.54 Å². The van der Waals surface area contributed by atoms with Crippen molar-refractivity contribution >= 4 is 0 Å². The van der Waals surface area contributed by atoms with Crippen LogP contribution in [0.2, 0.25) is 0 Å². The lowest BCUT2D eigenvalue weighted by Gasteiger charge is -2.01. The largest absolute Gasteiger partial charge is 0.508 e. The number of phenolic OH excluding ortho intramolecular Hbond substituents is 1. The van der Waals surface area contributed by atoms with Crippen molar-refractivity contribution in [3.05, 3.63) is 36.0 Å². The van der Waals surface area contributed by atoms with E-state index >= 15 is 0 Å². The zero-order valence-electron chi connectivity index (χ0n) is 8.94. The highest BCUT2D eigenvalue weighted by atomic mass is 16.3. The number of phenols is 1. The minimum atomic E-state index is 0.327. The summed E-state index contributed by atoms with van der Waals surface area (Å²) in [5, 5.41) is 13.8. The number of aromatic hydroxyl groups is 1. The molecule has 1 N–H and O–H groups in total. The number of hydrogen-bond donors (Lipinski definition) is 1. The summed E-state index contributed by atoms with van der Waals surface area (Å²) in [6.07, 6.45) is 1.96. The van der Waals surface area contributed by atoms with Crippen LogP contribution < -0.4 is 0 Å². The van der Waals surface area contributed by atoms with E-state index in [9.17, 15) is 5.11 Å². The summed E-state index contributed by atoms with van der Waals surface area (Å²) in [6.45, 7) is 4.81. The third-order valence-electron chi connectivity index (χ3n) is 2.46. The topological polar surface area (TPSA) is 38.0 Å². The Labute approximate surface area is 89.0 Å². The first-order valence-corrected chi connectivity index (χ1v) is 5.04. The maximum atomic E-state index is 9.42. The van der Waals surface area contributed by atoms with Gasteiger partial charge in [0.15, 0.2) is 0 Å². The van der Waals surface area contributed by atoms with Crippen LogP contribution in [0.3, 0.4) is 0 Å². The Hall–Kier alpha value is -1.77. The van der Waals surface area contributed by atoms with Crippen LogP contribution in [0.1, 0.15) is 12.5 Å². The number of aromatic nitrogens is 2. The molecular formula is C12H14N2O. The van der Waals surface area contributed by atoms with Crippen molar-refractivity contribution in [2.75, 3.05) is 0 Å². The monoisotopic (exact) mass is 202 g/mol. The third kappa shape index (κ3) is 1.86. The Balaban J connectivity index is 2.40. The van der Waals surface area contributed by atoms with E-state index in [1.165, 1.54) is 0 Å². The summed E-state index contributed by atoms with van der Waals surface area (Å²) in [7, 11) is 0. The first-order chi connectivity index (χ1) is 7.20. The van der Waals surface area contributed by atoms with E-state index in [1.807, 2.05) is 36.0 Å². The van der Waals surface area contributed by atoms with Crippen molar-refractivity contribution < 1.29 is 5.11 Å². The zero-order valence-corrected chi connectivity index (χ0v) is 8.94. The van der Waals surface area contributed by atoms with Crippen LogP contribution in [0.15, 0.2) is 30.5 Å². The normalized spacial score (nSPS) is 10.5. The first kappa shape index (κ1) is 9.77. The highest BCUT2D eigenvalue weighted by molar-refractivity contribution is 5.61. The number of benzene rings is 1. The number of aryl methyl sites for hydroxylation is 2. The van der Waals surface area contributed by atoms with Gasteiger partial charge in [-0.1, -0.05) is 0 Å². The quantitative estimate of drug-likeness (QED) is 0.812. The Kier molecular flexibility index (Phi) is 2.46. The second-order valence-corrected chi connectivity index (χ2v) is 3.56. The van der Waals surface area contributed by atoms with Crippen LogP contribution in [0.4, 0.5) is 0 Å². The fraction of sp³-hybridized carbons (Fsp3) is 0.250.